The number of amides is 2. The van der Waals surface area contributed by atoms with Gasteiger partial charge in [-0.15, -0.1) is 0 Å². The van der Waals surface area contributed by atoms with Crippen molar-refractivity contribution < 1.29 is 14.1 Å². The molecule has 1 aromatic rings. The number of nitrogens with one attached hydrogen (secondary N) is 2. The molecule has 1 saturated carbocycles. The predicted molar refractivity (Wildman–Crippen MR) is 90.5 cm³/mol. The van der Waals surface area contributed by atoms with E-state index in [1.54, 1.807) is 13.0 Å². The number of hydrogen-bond donors (Lipinski definition) is 3. The van der Waals surface area contributed by atoms with Gasteiger partial charge in [-0.2, -0.15) is 0 Å². The van der Waals surface area contributed by atoms with Gasteiger partial charge in [0.1, 0.15) is 5.76 Å². The Balaban J connectivity index is 1.85. The first-order valence-corrected chi connectivity index (χ1v) is 8.49. The summed E-state index contributed by atoms with van der Waals surface area (Å²) >= 11 is 0. The summed E-state index contributed by atoms with van der Waals surface area (Å²) in [7, 11) is 0. The molecule has 1 aromatic heterocycles. The second-order valence-electron chi connectivity index (χ2n) is 7.53. The molecule has 134 valence electrons. The van der Waals surface area contributed by atoms with Crippen molar-refractivity contribution in [3.05, 3.63) is 17.5 Å². The van der Waals surface area contributed by atoms with Gasteiger partial charge >= 0.3 is 0 Å². The molecule has 4 N–H and O–H groups in total. The molecule has 7 nitrogen and oxygen atoms in total. The zero-order chi connectivity index (χ0) is 17.9. The molecular weight excluding hydrogens is 308 g/mol. The van der Waals surface area contributed by atoms with Crippen LogP contribution >= 0.6 is 0 Å². The lowest BCUT2D eigenvalue weighted by atomic mass is 9.85. The number of hydrogen-bond acceptors (Lipinski definition) is 5. The molecule has 2 rings (SSSR count). The summed E-state index contributed by atoms with van der Waals surface area (Å²) in [5.41, 5.74) is 5.61. The number of nitrogens with zero attached hydrogens (tertiary/aromatic N) is 1. The number of aromatic nitrogens is 1. The Morgan fingerprint density at radius 2 is 2.08 bits per heavy atom. The summed E-state index contributed by atoms with van der Waals surface area (Å²) in [6.07, 6.45) is 2.49. The van der Waals surface area contributed by atoms with Crippen LogP contribution in [-0.4, -0.2) is 35.6 Å². The van der Waals surface area contributed by atoms with Gasteiger partial charge in [0.2, 0.25) is 5.91 Å². The van der Waals surface area contributed by atoms with E-state index >= 15 is 0 Å². The van der Waals surface area contributed by atoms with Crippen LogP contribution in [0.2, 0.25) is 0 Å². The summed E-state index contributed by atoms with van der Waals surface area (Å²) in [4.78, 5) is 24.0. The lowest BCUT2D eigenvalue weighted by Crippen LogP contribution is -2.49. The topological polar surface area (TPSA) is 110 Å². The smallest absolute Gasteiger partial charge is 0.273 e. The predicted octanol–water partition coefficient (Wildman–Crippen LogP) is 1.55. The van der Waals surface area contributed by atoms with E-state index < -0.39 is 0 Å². The molecule has 0 spiro atoms. The Morgan fingerprint density at radius 1 is 1.42 bits per heavy atom. The SMILES string of the molecule is CC(NC(=O)c1cc(C2CC2)on1)C(C)(C)CNC(=O)C[C@@H](C)N. The molecule has 1 aliphatic carbocycles. The molecule has 1 fully saturated rings. The van der Waals surface area contributed by atoms with Crippen LogP contribution in [0.1, 0.15) is 69.1 Å². The number of carbonyl (C=O) groups excluding carboxylic acids is 2. The van der Waals surface area contributed by atoms with E-state index in [9.17, 15) is 9.59 Å². The van der Waals surface area contributed by atoms with Crippen LogP contribution in [0.15, 0.2) is 10.6 Å². The molecule has 0 aliphatic heterocycles. The molecule has 2 amide bonds. The van der Waals surface area contributed by atoms with Gasteiger partial charge in [-0.05, 0) is 26.7 Å². The van der Waals surface area contributed by atoms with Crippen molar-refractivity contribution in [2.45, 2.75) is 65.0 Å². The van der Waals surface area contributed by atoms with Crippen LogP contribution in [0.5, 0.6) is 0 Å². The van der Waals surface area contributed by atoms with Gasteiger partial charge in [-0.25, -0.2) is 0 Å². The van der Waals surface area contributed by atoms with Gasteiger partial charge in [-0.3, -0.25) is 9.59 Å². The minimum atomic E-state index is -0.313. The first-order valence-electron chi connectivity index (χ1n) is 8.49. The third-order valence-corrected chi connectivity index (χ3v) is 4.51. The van der Waals surface area contributed by atoms with Crippen LogP contribution in [0.3, 0.4) is 0 Å². The molecule has 0 aromatic carbocycles. The van der Waals surface area contributed by atoms with Crippen LogP contribution in [-0.2, 0) is 4.79 Å². The van der Waals surface area contributed by atoms with Crippen molar-refractivity contribution in [3.63, 3.8) is 0 Å². The minimum absolute atomic E-state index is 0.0813. The molecule has 1 aliphatic rings. The molecule has 1 heterocycles. The minimum Gasteiger partial charge on any atom is -0.360 e. The van der Waals surface area contributed by atoms with E-state index in [0.29, 0.717) is 24.6 Å². The van der Waals surface area contributed by atoms with E-state index in [-0.39, 0.29) is 29.3 Å². The number of rotatable bonds is 8. The molecule has 0 radical (unpaired) electrons. The first-order chi connectivity index (χ1) is 11.2. The monoisotopic (exact) mass is 336 g/mol. The summed E-state index contributed by atoms with van der Waals surface area (Å²) in [5, 5.41) is 9.66. The third kappa shape index (κ3) is 5.06. The highest BCUT2D eigenvalue weighted by Crippen LogP contribution is 2.40. The van der Waals surface area contributed by atoms with E-state index in [1.165, 1.54) is 0 Å². The Hall–Kier alpha value is -1.89. The largest absolute Gasteiger partial charge is 0.360 e. The van der Waals surface area contributed by atoms with Crippen LogP contribution in [0.4, 0.5) is 0 Å². The second kappa shape index (κ2) is 7.34. The van der Waals surface area contributed by atoms with Crippen molar-refractivity contribution in [2.24, 2.45) is 11.1 Å². The van der Waals surface area contributed by atoms with Crippen LogP contribution < -0.4 is 16.4 Å². The van der Waals surface area contributed by atoms with E-state index in [0.717, 1.165) is 18.6 Å². The summed E-state index contributed by atoms with van der Waals surface area (Å²) < 4.78 is 5.21. The maximum Gasteiger partial charge on any atom is 0.273 e. The van der Waals surface area contributed by atoms with Crippen LogP contribution in [0, 0.1) is 5.41 Å². The van der Waals surface area contributed by atoms with Gasteiger partial charge in [-0.1, -0.05) is 19.0 Å². The zero-order valence-electron chi connectivity index (χ0n) is 14.9. The zero-order valence-corrected chi connectivity index (χ0v) is 14.9. The highest BCUT2D eigenvalue weighted by atomic mass is 16.5. The van der Waals surface area contributed by atoms with Crippen LogP contribution in [0.25, 0.3) is 0 Å². The fourth-order valence-corrected chi connectivity index (χ4v) is 2.27. The maximum absolute atomic E-state index is 12.3. The van der Waals surface area contributed by atoms with Crippen molar-refractivity contribution >= 4 is 11.8 Å². The quantitative estimate of drug-likeness (QED) is 0.667. The molecule has 7 heteroatoms. The Morgan fingerprint density at radius 3 is 2.67 bits per heavy atom. The van der Waals surface area contributed by atoms with Gasteiger partial charge in [0.15, 0.2) is 5.69 Å². The highest BCUT2D eigenvalue weighted by molar-refractivity contribution is 5.92. The summed E-state index contributed by atoms with van der Waals surface area (Å²) in [5.74, 6) is 0.874. The van der Waals surface area contributed by atoms with Crippen molar-refractivity contribution in [1.29, 1.82) is 0 Å². The Labute approximate surface area is 142 Å². The number of nitrogens with two attached hydrogens (primary N) is 1. The average molecular weight is 336 g/mol. The van der Waals surface area contributed by atoms with Gasteiger partial charge in [0.25, 0.3) is 5.91 Å². The molecule has 1 unspecified atom stereocenters. The molecule has 24 heavy (non-hydrogen) atoms. The van der Waals surface area contributed by atoms with Crippen molar-refractivity contribution in [1.82, 2.24) is 15.8 Å². The first kappa shape index (κ1) is 18.4. The maximum atomic E-state index is 12.3. The van der Waals surface area contributed by atoms with E-state index in [1.807, 2.05) is 20.8 Å². The van der Waals surface area contributed by atoms with E-state index in [2.05, 4.69) is 15.8 Å². The van der Waals surface area contributed by atoms with E-state index in [4.69, 9.17) is 10.3 Å². The Bertz CT molecular complexity index is 590. The number of carbonyl (C=O) groups is 2. The van der Waals surface area contributed by atoms with Gasteiger partial charge in [0, 0.05) is 42.4 Å². The molecule has 0 bridgehead atoms. The molecular formula is C17H28N4O3. The second-order valence-corrected chi connectivity index (χ2v) is 7.53. The van der Waals surface area contributed by atoms with Crippen molar-refractivity contribution in [2.75, 3.05) is 6.54 Å². The highest BCUT2D eigenvalue weighted by Gasteiger charge is 2.31. The lowest BCUT2D eigenvalue weighted by molar-refractivity contribution is -0.121. The Kier molecular flexibility index (Phi) is 5.64. The normalized spacial score (nSPS) is 17.2. The van der Waals surface area contributed by atoms with Crippen molar-refractivity contribution in [3.8, 4) is 0 Å². The van der Waals surface area contributed by atoms with Gasteiger partial charge in [0.05, 0.1) is 0 Å². The standard InChI is InChI=1S/C17H28N4O3/c1-10(18)7-15(22)19-9-17(3,4)11(2)20-16(23)13-8-14(24-21-13)12-5-6-12/h8,10-12H,5-7,9,18H2,1-4H3,(H,19,22)(H,20,23)/t10-,11?/m1/s1. The lowest BCUT2D eigenvalue weighted by Gasteiger charge is -2.32. The molecule has 0 saturated heterocycles. The average Bonchev–Trinajstić information content (AvgIpc) is 3.21. The summed E-state index contributed by atoms with van der Waals surface area (Å²) in [6.45, 7) is 8.13. The third-order valence-electron chi connectivity index (χ3n) is 4.51. The fraction of sp³-hybridized carbons (Fsp3) is 0.706. The summed E-state index contributed by atoms with van der Waals surface area (Å²) in [6, 6.07) is 1.40. The van der Waals surface area contributed by atoms with Gasteiger partial charge < -0.3 is 20.9 Å². The molecule has 2 atom stereocenters. The fourth-order valence-electron chi connectivity index (χ4n) is 2.27.